The molecule has 0 aliphatic rings. The lowest BCUT2D eigenvalue weighted by Gasteiger charge is -2.13. The van der Waals surface area contributed by atoms with E-state index in [2.05, 4.69) is 5.32 Å². The Labute approximate surface area is 123 Å². The highest BCUT2D eigenvalue weighted by Gasteiger charge is 2.17. The fraction of sp³-hybridized carbons (Fsp3) is 0.188. The number of rotatable bonds is 5. The van der Waals surface area contributed by atoms with Gasteiger partial charge in [0.05, 0.1) is 14.2 Å². The highest BCUT2D eigenvalue weighted by Crippen LogP contribution is 2.28. The molecule has 0 aromatic heterocycles. The number of nitrogens with one attached hydrogen (secondary N) is 1. The molecule has 0 aliphatic carbocycles. The third kappa shape index (κ3) is 3.45. The van der Waals surface area contributed by atoms with Crippen molar-refractivity contribution in [1.82, 2.24) is 5.32 Å². The van der Waals surface area contributed by atoms with Crippen molar-refractivity contribution in [3.05, 3.63) is 53.6 Å². The Kier molecular flexibility index (Phi) is 4.66. The smallest absolute Gasteiger partial charge is 0.259 e. The van der Waals surface area contributed by atoms with Crippen LogP contribution in [-0.2, 0) is 6.54 Å². The molecular weight excluding hydrogens is 270 g/mol. The summed E-state index contributed by atoms with van der Waals surface area (Å²) in [6.07, 6.45) is 0. The molecule has 2 aromatic rings. The molecule has 0 saturated heterocycles. The molecule has 0 atom stereocenters. The molecule has 1 amide bonds. The van der Waals surface area contributed by atoms with Gasteiger partial charge in [-0.1, -0.05) is 18.2 Å². The van der Waals surface area contributed by atoms with Crippen LogP contribution in [0.5, 0.6) is 17.2 Å². The molecule has 21 heavy (non-hydrogen) atoms. The van der Waals surface area contributed by atoms with Crippen LogP contribution < -0.4 is 14.8 Å². The zero-order valence-corrected chi connectivity index (χ0v) is 11.9. The lowest BCUT2D eigenvalue weighted by molar-refractivity contribution is 0.0944. The Hall–Kier alpha value is -2.69. The summed E-state index contributed by atoms with van der Waals surface area (Å²) in [5, 5.41) is 12.2. The second kappa shape index (κ2) is 6.65. The fourth-order valence-corrected chi connectivity index (χ4v) is 2.01. The van der Waals surface area contributed by atoms with Gasteiger partial charge in [0.1, 0.15) is 22.8 Å². The van der Waals surface area contributed by atoms with E-state index >= 15 is 0 Å². The summed E-state index contributed by atoms with van der Waals surface area (Å²) in [7, 11) is 3.00. The molecule has 5 nitrogen and oxygen atoms in total. The number of ether oxygens (including phenoxy) is 2. The Balaban J connectivity index is 2.17. The van der Waals surface area contributed by atoms with Gasteiger partial charge < -0.3 is 19.9 Å². The molecule has 0 aliphatic heterocycles. The monoisotopic (exact) mass is 287 g/mol. The van der Waals surface area contributed by atoms with E-state index in [-0.39, 0.29) is 11.7 Å². The molecule has 0 fully saturated rings. The van der Waals surface area contributed by atoms with Gasteiger partial charge in [-0.05, 0) is 29.8 Å². The first-order valence-corrected chi connectivity index (χ1v) is 6.42. The number of hydrogen-bond acceptors (Lipinski definition) is 4. The van der Waals surface area contributed by atoms with Gasteiger partial charge in [-0.3, -0.25) is 4.79 Å². The average molecular weight is 287 g/mol. The first-order chi connectivity index (χ1) is 10.2. The highest BCUT2D eigenvalue weighted by molar-refractivity contribution is 5.99. The highest BCUT2D eigenvalue weighted by atomic mass is 16.5. The minimum absolute atomic E-state index is 0.164. The largest absolute Gasteiger partial charge is 0.508 e. The summed E-state index contributed by atoms with van der Waals surface area (Å²) >= 11 is 0. The molecule has 0 heterocycles. The van der Waals surface area contributed by atoms with Gasteiger partial charge in [-0.2, -0.15) is 0 Å². The number of phenols is 1. The first kappa shape index (κ1) is 14.7. The van der Waals surface area contributed by atoms with E-state index in [1.165, 1.54) is 14.2 Å². The summed E-state index contributed by atoms with van der Waals surface area (Å²) in [6, 6.07) is 11.9. The number of benzene rings is 2. The van der Waals surface area contributed by atoms with Crippen molar-refractivity contribution in [3.63, 3.8) is 0 Å². The van der Waals surface area contributed by atoms with Gasteiger partial charge >= 0.3 is 0 Å². The molecule has 110 valence electrons. The van der Waals surface area contributed by atoms with Crippen molar-refractivity contribution in [2.75, 3.05) is 14.2 Å². The molecule has 0 radical (unpaired) electrons. The van der Waals surface area contributed by atoms with Crippen molar-refractivity contribution in [3.8, 4) is 17.2 Å². The number of aromatic hydroxyl groups is 1. The van der Waals surface area contributed by atoms with Crippen molar-refractivity contribution >= 4 is 5.91 Å². The lowest BCUT2D eigenvalue weighted by Crippen LogP contribution is -2.24. The number of methoxy groups -OCH3 is 2. The maximum Gasteiger partial charge on any atom is 0.259 e. The van der Waals surface area contributed by atoms with Gasteiger partial charge in [0.25, 0.3) is 5.91 Å². The second-order valence-electron chi connectivity index (χ2n) is 4.39. The molecule has 2 N–H and O–H groups in total. The van der Waals surface area contributed by atoms with Crippen LogP contribution in [0, 0.1) is 0 Å². The number of amides is 1. The molecule has 0 spiro atoms. The topological polar surface area (TPSA) is 67.8 Å². The standard InChI is InChI=1S/C16H17NO4/c1-20-13-7-4-8-14(21-2)15(13)16(19)17-10-11-5-3-6-12(18)9-11/h3-9,18H,10H2,1-2H3,(H,17,19). The van der Waals surface area contributed by atoms with Gasteiger partial charge in [0.15, 0.2) is 0 Å². The zero-order valence-electron chi connectivity index (χ0n) is 11.9. The van der Waals surface area contributed by atoms with E-state index in [4.69, 9.17) is 9.47 Å². The Bertz CT molecular complexity index is 618. The van der Waals surface area contributed by atoms with Crippen LogP contribution in [0.3, 0.4) is 0 Å². The first-order valence-electron chi connectivity index (χ1n) is 6.42. The molecule has 2 rings (SSSR count). The summed E-state index contributed by atoms with van der Waals surface area (Å²) in [6.45, 7) is 0.300. The van der Waals surface area contributed by atoms with E-state index in [1.807, 2.05) is 6.07 Å². The second-order valence-corrected chi connectivity index (χ2v) is 4.39. The predicted octanol–water partition coefficient (Wildman–Crippen LogP) is 2.34. The lowest BCUT2D eigenvalue weighted by atomic mass is 10.1. The van der Waals surface area contributed by atoms with Crippen LogP contribution in [0.1, 0.15) is 15.9 Å². The van der Waals surface area contributed by atoms with Crippen LogP contribution in [0.25, 0.3) is 0 Å². The Morgan fingerprint density at radius 1 is 1.10 bits per heavy atom. The Morgan fingerprint density at radius 2 is 1.71 bits per heavy atom. The maximum absolute atomic E-state index is 12.3. The molecular formula is C16H17NO4. The van der Waals surface area contributed by atoms with Gasteiger partial charge in [-0.25, -0.2) is 0 Å². The van der Waals surface area contributed by atoms with Crippen molar-refractivity contribution < 1.29 is 19.4 Å². The van der Waals surface area contributed by atoms with Gasteiger partial charge in [0, 0.05) is 6.54 Å². The molecule has 0 saturated carbocycles. The molecule has 0 unspecified atom stereocenters. The van der Waals surface area contributed by atoms with E-state index in [1.54, 1.807) is 36.4 Å². The normalized spacial score (nSPS) is 10.0. The summed E-state index contributed by atoms with van der Waals surface area (Å²) < 4.78 is 10.4. The SMILES string of the molecule is COc1cccc(OC)c1C(=O)NCc1cccc(O)c1. The van der Waals surface area contributed by atoms with Gasteiger partial charge in [-0.15, -0.1) is 0 Å². The minimum Gasteiger partial charge on any atom is -0.508 e. The van der Waals surface area contributed by atoms with Crippen LogP contribution in [0.4, 0.5) is 0 Å². The molecule has 5 heteroatoms. The minimum atomic E-state index is -0.298. The van der Waals surface area contributed by atoms with E-state index in [0.717, 1.165) is 5.56 Å². The van der Waals surface area contributed by atoms with Crippen LogP contribution in [-0.4, -0.2) is 25.2 Å². The maximum atomic E-state index is 12.3. The van der Waals surface area contributed by atoms with Crippen molar-refractivity contribution in [1.29, 1.82) is 0 Å². The summed E-state index contributed by atoms with van der Waals surface area (Å²) in [5.41, 5.74) is 1.15. The fourth-order valence-electron chi connectivity index (χ4n) is 2.01. The van der Waals surface area contributed by atoms with Crippen molar-refractivity contribution in [2.24, 2.45) is 0 Å². The van der Waals surface area contributed by atoms with E-state index in [0.29, 0.717) is 23.6 Å². The van der Waals surface area contributed by atoms with Gasteiger partial charge in [0.2, 0.25) is 0 Å². The number of hydrogen-bond donors (Lipinski definition) is 2. The van der Waals surface area contributed by atoms with Crippen LogP contribution in [0.2, 0.25) is 0 Å². The van der Waals surface area contributed by atoms with E-state index < -0.39 is 0 Å². The summed E-state index contributed by atoms with van der Waals surface area (Å²) in [4.78, 5) is 12.3. The zero-order chi connectivity index (χ0) is 15.2. The Morgan fingerprint density at radius 3 is 2.29 bits per heavy atom. The number of phenolic OH excluding ortho intramolecular Hbond substituents is 1. The summed E-state index contributed by atoms with van der Waals surface area (Å²) in [5.74, 6) is 0.759. The quantitative estimate of drug-likeness (QED) is 0.885. The number of carbonyl (C=O) groups excluding carboxylic acids is 1. The molecule has 2 aromatic carbocycles. The molecule has 0 bridgehead atoms. The number of carbonyl (C=O) groups is 1. The average Bonchev–Trinajstić information content (AvgIpc) is 2.51. The third-order valence-electron chi connectivity index (χ3n) is 3.02. The van der Waals surface area contributed by atoms with E-state index in [9.17, 15) is 9.90 Å². The van der Waals surface area contributed by atoms with Crippen LogP contribution in [0.15, 0.2) is 42.5 Å². The predicted molar refractivity (Wildman–Crippen MR) is 78.8 cm³/mol. The van der Waals surface area contributed by atoms with Crippen LogP contribution >= 0.6 is 0 Å². The van der Waals surface area contributed by atoms with Crippen molar-refractivity contribution in [2.45, 2.75) is 6.54 Å². The third-order valence-corrected chi connectivity index (χ3v) is 3.02.